The van der Waals surface area contributed by atoms with Crippen LogP contribution in [0.4, 0.5) is 11.4 Å². The molecule has 4 nitrogen and oxygen atoms in total. The molecule has 1 unspecified atom stereocenters. The third-order valence-corrected chi connectivity index (χ3v) is 5.41. The summed E-state index contributed by atoms with van der Waals surface area (Å²) in [6.07, 6.45) is -0.312. The number of hydrogen-bond acceptors (Lipinski definition) is 3. The summed E-state index contributed by atoms with van der Waals surface area (Å²) in [7, 11) is 0. The molecule has 1 aliphatic heterocycles. The zero-order chi connectivity index (χ0) is 21.0. The lowest BCUT2D eigenvalue weighted by molar-refractivity contribution is 0.0975. The average molecular weight is 406 g/mol. The minimum Gasteiger partial charge on any atom is -0.489 e. The van der Waals surface area contributed by atoms with E-state index >= 15 is 0 Å². The number of ether oxygens (including phenoxy) is 1. The highest BCUT2D eigenvalue weighted by molar-refractivity contribution is 6.12. The molecule has 0 spiro atoms. The fourth-order valence-electron chi connectivity index (χ4n) is 3.83. The van der Waals surface area contributed by atoms with E-state index in [0.29, 0.717) is 12.2 Å². The lowest BCUT2D eigenvalue weighted by atomic mass is 10.0. The molecule has 0 fully saturated rings. The number of rotatable bonds is 5. The monoisotopic (exact) mass is 406 g/mol. The van der Waals surface area contributed by atoms with Crippen LogP contribution in [0.2, 0.25) is 0 Å². The van der Waals surface area contributed by atoms with E-state index in [2.05, 4.69) is 5.32 Å². The van der Waals surface area contributed by atoms with Gasteiger partial charge in [-0.3, -0.25) is 9.69 Å². The van der Waals surface area contributed by atoms with Crippen molar-refractivity contribution in [1.82, 2.24) is 0 Å². The number of anilines is 2. The highest BCUT2D eigenvalue weighted by Gasteiger charge is 2.33. The second-order valence-corrected chi connectivity index (χ2v) is 7.45. The molecular formula is C27H22N2O2. The first-order chi connectivity index (χ1) is 15.3. The Labute approximate surface area is 181 Å². The SMILES string of the molecule is O=C1c2ccccc2NC(c2ccc(OCc3ccccc3)cc2)N1c1ccccc1. The van der Waals surface area contributed by atoms with Gasteiger partial charge in [0.2, 0.25) is 0 Å². The van der Waals surface area contributed by atoms with Crippen LogP contribution in [-0.2, 0) is 6.61 Å². The minimum absolute atomic E-state index is 0.0186. The van der Waals surface area contributed by atoms with Crippen molar-refractivity contribution in [3.8, 4) is 5.75 Å². The highest BCUT2D eigenvalue weighted by Crippen LogP contribution is 2.36. The first-order valence-electron chi connectivity index (χ1n) is 10.3. The molecule has 1 N–H and O–H groups in total. The average Bonchev–Trinajstić information content (AvgIpc) is 2.84. The molecule has 1 amide bonds. The molecule has 4 aromatic rings. The fraction of sp³-hybridized carbons (Fsp3) is 0.0741. The standard InChI is InChI=1S/C27H22N2O2/c30-27-24-13-7-8-14-25(24)28-26(29(27)22-11-5-2-6-12-22)21-15-17-23(18-16-21)31-19-20-9-3-1-4-10-20/h1-18,26,28H,19H2. The number of carbonyl (C=O) groups is 1. The lowest BCUT2D eigenvalue weighted by Gasteiger charge is -2.38. The van der Waals surface area contributed by atoms with Gasteiger partial charge in [-0.2, -0.15) is 0 Å². The van der Waals surface area contributed by atoms with Crippen molar-refractivity contribution in [1.29, 1.82) is 0 Å². The summed E-state index contributed by atoms with van der Waals surface area (Å²) in [4.78, 5) is 15.2. The molecule has 4 heteroatoms. The van der Waals surface area contributed by atoms with Crippen molar-refractivity contribution in [3.63, 3.8) is 0 Å². The van der Waals surface area contributed by atoms with Crippen molar-refractivity contribution in [3.05, 3.63) is 126 Å². The Morgan fingerprint density at radius 3 is 2.13 bits per heavy atom. The van der Waals surface area contributed by atoms with E-state index in [1.807, 2.05) is 114 Å². The third kappa shape index (κ3) is 3.88. The molecule has 0 aromatic heterocycles. The first kappa shape index (κ1) is 18.9. The summed E-state index contributed by atoms with van der Waals surface area (Å²) in [5, 5.41) is 3.53. The summed E-state index contributed by atoms with van der Waals surface area (Å²) < 4.78 is 5.92. The molecule has 152 valence electrons. The van der Waals surface area contributed by atoms with E-state index in [0.717, 1.165) is 28.3 Å². The van der Waals surface area contributed by atoms with Crippen LogP contribution in [0.1, 0.15) is 27.7 Å². The van der Waals surface area contributed by atoms with Crippen molar-refractivity contribution < 1.29 is 9.53 Å². The van der Waals surface area contributed by atoms with Crippen LogP contribution in [0.3, 0.4) is 0 Å². The number of amides is 1. The summed E-state index contributed by atoms with van der Waals surface area (Å²) in [6, 6.07) is 35.4. The maximum atomic E-state index is 13.4. The lowest BCUT2D eigenvalue weighted by Crippen LogP contribution is -2.43. The largest absolute Gasteiger partial charge is 0.489 e. The van der Waals surface area contributed by atoms with Crippen LogP contribution in [0, 0.1) is 0 Å². The van der Waals surface area contributed by atoms with Gasteiger partial charge in [-0.25, -0.2) is 0 Å². The van der Waals surface area contributed by atoms with Crippen LogP contribution >= 0.6 is 0 Å². The van der Waals surface area contributed by atoms with Gasteiger partial charge in [0, 0.05) is 11.4 Å². The number of fused-ring (bicyclic) bond motifs is 1. The highest BCUT2D eigenvalue weighted by atomic mass is 16.5. The van der Waals surface area contributed by atoms with Gasteiger partial charge in [0.15, 0.2) is 0 Å². The van der Waals surface area contributed by atoms with Gasteiger partial charge in [-0.15, -0.1) is 0 Å². The van der Waals surface area contributed by atoms with E-state index in [4.69, 9.17) is 4.74 Å². The van der Waals surface area contributed by atoms with Crippen LogP contribution in [0.25, 0.3) is 0 Å². The van der Waals surface area contributed by atoms with E-state index in [1.54, 1.807) is 0 Å². The van der Waals surface area contributed by atoms with Crippen molar-refractivity contribution >= 4 is 17.3 Å². The van der Waals surface area contributed by atoms with Crippen molar-refractivity contribution in [2.24, 2.45) is 0 Å². The van der Waals surface area contributed by atoms with Crippen LogP contribution < -0.4 is 15.0 Å². The molecule has 31 heavy (non-hydrogen) atoms. The number of nitrogens with zero attached hydrogens (tertiary/aromatic N) is 1. The van der Waals surface area contributed by atoms with Crippen LogP contribution in [0.5, 0.6) is 5.75 Å². The second-order valence-electron chi connectivity index (χ2n) is 7.45. The van der Waals surface area contributed by atoms with Gasteiger partial charge >= 0.3 is 0 Å². The zero-order valence-electron chi connectivity index (χ0n) is 16.9. The second kappa shape index (κ2) is 8.36. The Kier molecular flexibility index (Phi) is 5.11. The maximum absolute atomic E-state index is 13.4. The molecule has 1 aliphatic rings. The summed E-state index contributed by atoms with van der Waals surface area (Å²) in [5.41, 5.74) is 4.47. The molecule has 0 saturated heterocycles. The van der Waals surface area contributed by atoms with E-state index in [9.17, 15) is 4.79 Å². The number of nitrogens with one attached hydrogen (secondary N) is 1. The molecule has 0 radical (unpaired) electrons. The van der Waals surface area contributed by atoms with Crippen LogP contribution in [-0.4, -0.2) is 5.91 Å². The smallest absolute Gasteiger partial charge is 0.262 e. The Morgan fingerprint density at radius 1 is 0.742 bits per heavy atom. The molecule has 1 atom stereocenters. The summed E-state index contributed by atoms with van der Waals surface area (Å²) >= 11 is 0. The Bertz CT molecular complexity index is 1170. The fourth-order valence-corrected chi connectivity index (χ4v) is 3.83. The quantitative estimate of drug-likeness (QED) is 0.439. The predicted octanol–water partition coefficient (Wildman–Crippen LogP) is 6.04. The number of benzene rings is 4. The molecule has 0 bridgehead atoms. The Morgan fingerprint density at radius 2 is 1.39 bits per heavy atom. The Hall–Kier alpha value is -4.05. The molecule has 1 heterocycles. The molecular weight excluding hydrogens is 384 g/mol. The van der Waals surface area contributed by atoms with Gasteiger partial charge in [0.25, 0.3) is 5.91 Å². The van der Waals surface area contributed by atoms with Gasteiger partial charge < -0.3 is 10.1 Å². The van der Waals surface area contributed by atoms with Gasteiger partial charge in [-0.1, -0.05) is 72.8 Å². The molecule has 0 aliphatic carbocycles. The van der Waals surface area contributed by atoms with E-state index in [1.165, 1.54) is 0 Å². The minimum atomic E-state index is -0.312. The molecule has 4 aromatic carbocycles. The van der Waals surface area contributed by atoms with Crippen molar-refractivity contribution in [2.75, 3.05) is 10.2 Å². The first-order valence-corrected chi connectivity index (χ1v) is 10.3. The Balaban J connectivity index is 1.43. The third-order valence-electron chi connectivity index (χ3n) is 5.41. The van der Waals surface area contributed by atoms with E-state index < -0.39 is 0 Å². The van der Waals surface area contributed by atoms with Gasteiger partial charge in [0.05, 0.1) is 5.56 Å². The predicted molar refractivity (Wildman–Crippen MR) is 123 cm³/mol. The van der Waals surface area contributed by atoms with Gasteiger partial charge in [-0.05, 0) is 47.5 Å². The zero-order valence-corrected chi connectivity index (χ0v) is 16.9. The number of para-hydroxylation sites is 2. The summed E-state index contributed by atoms with van der Waals surface area (Å²) in [5.74, 6) is 0.774. The molecule has 5 rings (SSSR count). The summed E-state index contributed by atoms with van der Waals surface area (Å²) in [6.45, 7) is 0.518. The number of carbonyl (C=O) groups excluding carboxylic acids is 1. The van der Waals surface area contributed by atoms with Crippen molar-refractivity contribution in [2.45, 2.75) is 12.8 Å². The topological polar surface area (TPSA) is 41.6 Å². The molecule has 0 saturated carbocycles. The van der Waals surface area contributed by atoms with Gasteiger partial charge in [0.1, 0.15) is 18.5 Å². The number of hydrogen-bond donors (Lipinski definition) is 1. The van der Waals surface area contributed by atoms with Crippen LogP contribution in [0.15, 0.2) is 109 Å². The normalized spacial score (nSPS) is 15.2. The maximum Gasteiger partial charge on any atom is 0.262 e. The van der Waals surface area contributed by atoms with E-state index in [-0.39, 0.29) is 12.1 Å².